The molecule has 9 heteroatoms. The maximum Gasteiger partial charge on any atom is 0.226 e. The van der Waals surface area contributed by atoms with E-state index in [9.17, 15) is 9.59 Å². The van der Waals surface area contributed by atoms with Gasteiger partial charge in [0.15, 0.2) is 5.82 Å². The topological polar surface area (TPSA) is 111 Å². The monoisotopic (exact) mass is 397 g/mol. The van der Waals surface area contributed by atoms with E-state index in [0.717, 1.165) is 55.9 Å². The lowest BCUT2D eigenvalue weighted by Gasteiger charge is -2.50. The Labute approximate surface area is 169 Å². The average Bonchev–Trinajstić information content (AvgIpc) is 3.32. The number of imidazole rings is 1. The highest BCUT2D eigenvalue weighted by Gasteiger charge is 2.51. The van der Waals surface area contributed by atoms with Crippen LogP contribution in [0.1, 0.15) is 55.1 Å². The van der Waals surface area contributed by atoms with Crippen LogP contribution in [0.2, 0.25) is 0 Å². The van der Waals surface area contributed by atoms with Crippen molar-refractivity contribution in [1.82, 2.24) is 34.9 Å². The normalized spacial score (nSPS) is 20.7. The van der Waals surface area contributed by atoms with Gasteiger partial charge in [-0.05, 0) is 32.6 Å². The van der Waals surface area contributed by atoms with Crippen LogP contribution >= 0.6 is 0 Å². The number of aromatic nitrogens is 5. The molecular formula is C20H27N7O2. The summed E-state index contributed by atoms with van der Waals surface area (Å²) in [6, 6.07) is 0. The van der Waals surface area contributed by atoms with Crippen molar-refractivity contribution in [3.63, 3.8) is 0 Å². The molecule has 0 unspecified atom stereocenters. The van der Waals surface area contributed by atoms with E-state index in [-0.39, 0.29) is 23.3 Å². The van der Waals surface area contributed by atoms with Crippen LogP contribution in [0.15, 0.2) is 6.33 Å². The van der Waals surface area contributed by atoms with Crippen molar-refractivity contribution in [3.8, 4) is 0 Å². The second-order valence-electron chi connectivity index (χ2n) is 8.49. The van der Waals surface area contributed by atoms with Crippen LogP contribution in [-0.4, -0.2) is 66.4 Å². The quantitative estimate of drug-likeness (QED) is 0.802. The first-order valence-electron chi connectivity index (χ1n) is 10.6. The lowest BCUT2D eigenvalue weighted by atomic mass is 9.78. The van der Waals surface area contributed by atoms with Crippen molar-refractivity contribution in [2.75, 3.05) is 19.6 Å². The van der Waals surface area contributed by atoms with E-state index >= 15 is 0 Å². The number of hydrogen-bond donors (Lipinski definition) is 2. The number of nitrogens with one attached hydrogen (secondary N) is 2. The van der Waals surface area contributed by atoms with Gasteiger partial charge in [-0.1, -0.05) is 0 Å². The van der Waals surface area contributed by atoms with Crippen LogP contribution in [0.5, 0.6) is 0 Å². The number of H-pyrrole nitrogens is 2. The van der Waals surface area contributed by atoms with Crippen LogP contribution in [0, 0.1) is 12.8 Å². The molecule has 154 valence electrons. The van der Waals surface area contributed by atoms with E-state index in [0.29, 0.717) is 31.8 Å². The molecule has 3 aliphatic rings. The molecule has 0 bridgehead atoms. The largest absolute Gasteiger partial charge is 0.348 e. The van der Waals surface area contributed by atoms with Gasteiger partial charge >= 0.3 is 0 Å². The third-order valence-corrected chi connectivity index (χ3v) is 6.60. The number of carbonyl (C=O) groups is 2. The first-order chi connectivity index (χ1) is 14.1. The Morgan fingerprint density at radius 2 is 2.03 bits per heavy atom. The Kier molecular flexibility index (Phi) is 4.40. The standard InChI is InChI=1S/C20H27N7O2/c1-13-23-16(25-24-13)4-5-17(28)26-10-7-20(8-11-26)18-15(21-12-22-18)6-9-27(20)19(29)14-2-3-14/h12,14H,2-11H2,1H3,(H,21,22)(H,23,24,25). The molecule has 2 amide bonds. The predicted molar refractivity (Wildman–Crippen MR) is 104 cm³/mol. The van der Waals surface area contributed by atoms with Gasteiger partial charge in [-0.2, -0.15) is 5.10 Å². The fourth-order valence-electron chi connectivity index (χ4n) is 4.86. The zero-order chi connectivity index (χ0) is 20.0. The number of likely N-dealkylation sites (tertiary alicyclic amines) is 1. The Balaban J connectivity index is 1.29. The minimum Gasteiger partial charge on any atom is -0.348 e. The molecule has 4 heterocycles. The van der Waals surface area contributed by atoms with Crippen LogP contribution in [0.25, 0.3) is 0 Å². The molecule has 1 spiro atoms. The molecule has 29 heavy (non-hydrogen) atoms. The zero-order valence-electron chi connectivity index (χ0n) is 16.8. The number of rotatable bonds is 4. The molecular weight excluding hydrogens is 370 g/mol. The molecule has 0 aromatic carbocycles. The van der Waals surface area contributed by atoms with Gasteiger partial charge < -0.3 is 14.8 Å². The lowest BCUT2D eigenvalue weighted by molar-refractivity contribution is -0.145. The zero-order valence-corrected chi connectivity index (χ0v) is 16.8. The van der Waals surface area contributed by atoms with Crippen LogP contribution in [-0.2, 0) is 28.0 Å². The van der Waals surface area contributed by atoms with Gasteiger partial charge in [0.1, 0.15) is 5.82 Å². The fraction of sp³-hybridized carbons (Fsp3) is 0.650. The summed E-state index contributed by atoms with van der Waals surface area (Å²) in [5.74, 6) is 2.04. The van der Waals surface area contributed by atoms with Gasteiger partial charge in [-0.3, -0.25) is 14.7 Å². The number of fused-ring (bicyclic) bond motifs is 2. The minimum atomic E-state index is -0.370. The molecule has 2 aromatic heterocycles. The maximum absolute atomic E-state index is 13.0. The highest BCUT2D eigenvalue weighted by molar-refractivity contribution is 5.82. The summed E-state index contributed by atoms with van der Waals surface area (Å²) >= 11 is 0. The summed E-state index contributed by atoms with van der Waals surface area (Å²) in [5.41, 5.74) is 1.79. The van der Waals surface area contributed by atoms with E-state index in [1.165, 1.54) is 0 Å². The molecule has 1 saturated heterocycles. The molecule has 0 radical (unpaired) electrons. The van der Waals surface area contributed by atoms with Gasteiger partial charge in [-0.15, -0.1) is 0 Å². The van der Waals surface area contributed by atoms with Crippen LogP contribution in [0.3, 0.4) is 0 Å². The highest BCUT2D eigenvalue weighted by atomic mass is 16.2. The predicted octanol–water partition coefficient (Wildman–Crippen LogP) is 1.08. The average molecular weight is 397 g/mol. The summed E-state index contributed by atoms with van der Waals surface area (Å²) < 4.78 is 0. The van der Waals surface area contributed by atoms with Crippen molar-refractivity contribution >= 4 is 11.8 Å². The number of nitrogens with zero attached hydrogens (tertiary/aromatic N) is 5. The number of carbonyl (C=O) groups excluding carboxylic acids is 2. The Hall–Kier alpha value is -2.71. The second-order valence-corrected chi connectivity index (χ2v) is 8.49. The van der Waals surface area contributed by atoms with Gasteiger partial charge in [-0.25, -0.2) is 9.97 Å². The Morgan fingerprint density at radius 3 is 2.72 bits per heavy atom. The molecule has 2 aliphatic heterocycles. The van der Waals surface area contributed by atoms with Crippen molar-refractivity contribution < 1.29 is 9.59 Å². The first kappa shape index (κ1) is 18.3. The molecule has 0 atom stereocenters. The van der Waals surface area contributed by atoms with E-state index < -0.39 is 0 Å². The molecule has 2 aromatic rings. The highest BCUT2D eigenvalue weighted by Crippen LogP contribution is 2.45. The minimum absolute atomic E-state index is 0.125. The van der Waals surface area contributed by atoms with E-state index in [4.69, 9.17) is 0 Å². The van der Waals surface area contributed by atoms with Crippen LogP contribution < -0.4 is 0 Å². The lowest BCUT2D eigenvalue weighted by Crippen LogP contribution is -2.59. The van der Waals surface area contributed by atoms with E-state index in [1.54, 1.807) is 6.33 Å². The summed E-state index contributed by atoms with van der Waals surface area (Å²) in [4.78, 5) is 41.9. The van der Waals surface area contributed by atoms with Crippen molar-refractivity contribution in [2.45, 2.75) is 57.4 Å². The maximum atomic E-state index is 13.0. The third-order valence-electron chi connectivity index (χ3n) is 6.60. The molecule has 2 N–H and O–H groups in total. The second kappa shape index (κ2) is 6.96. The fourth-order valence-corrected chi connectivity index (χ4v) is 4.86. The number of aromatic amines is 2. The van der Waals surface area contributed by atoms with E-state index in [2.05, 4.69) is 30.0 Å². The summed E-state index contributed by atoms with van der Waals surface area (Å²) in [6.07, 6.45) is 7.02. The van der Waals surface area contributed by atoms with Crippen LogP contribution in [0.4, 0.5) is 0 Å². The number of piperidine rings is 1. The molecule has 1 saturated carbocycles. The van der Waals surface area contributed by atoms with E-state index in [1.807, 2.05) is 11.8 Å². The van der Waals surface area contributed by atoms with Crippen molar-refractivity contribution in [3.05, 3.63) is 29.4 Å². The molecule has 9 nitrogen and oxygen atoms in total. The molecule has 2 fully saturated rings. The summed E-state index contributed by atoms with van der Waals surface area (Å²) in [7, 11) is 0. The first-order valence-corrected chi connectivity index (χ1v) is 10.6. The van der Waals surface area contributed by atoms with Gasteiger partial charge in [0, 0.05) is 50.5 Å². The smallest absolute Gasteiger partial charge is 0.226 e. The number of amides is 2. The van der Waals surface area contributed by atoms with Gasteiger partial charge in [0.2, 0.25) is 11.8 Å². The summed E-state index contributed by atoms with van der Waals surface area (Å²) in [5, 5.41) is 6.92. The SMILES string of the molecule is Cc1nc(CCC(=O)N2CCC3(CC2)c2nc[nH]c2CCN3C(=O)C2CC2)n[nH]1. The molecule has 1 aliphatic carbocycles. The third kappa shape index (κ3) is 3.22. The van der Waals surface area contributed by atoms with Gasteiger partial charge in [0.25, 0.3) is 0 Å². The summed E-state index contributed by atoms with van der Waals surface area (Å²) in [6.45, 7) is 3.88. The van der Waals surface area contributed by atoms with Crippen molar-refractivity contribution in [1.29, 1.82) is 0 Å². The number of hydrogen-bond acceptors (Lipinski definition) is 5. The van der Waals surface area contributed by atoms with Gasteiger partial charge in [0.05, 0.1) is 17.6 Å². The Bertz CT molecular complexity index is 921. The van der Waals surface area contributed by atoms with Crippen molar-refractivity contribution in [2.24, 2.45) is 5.92 Å². The number of aryl methyl sites for hydroxylation is 2. The Morgan fingerprint density at radius 1 is 1.24 bits per heavy atom. The molecule has 5 rings (SSSR count).